The van der Waals surface area contributed by atoms with E-state index in [9.17, 15) is 18.0 Å². The van der Waals surface area contributed by atoms with E-state index in [1.807, 2.05) is 26.0 Å². The van der Waals surface area contributed by atoms with Gasteiger partial charge in [0.05, 0.1) is 37.5 Å². The van der Waals surface area contributed by atoms with Crippen molar-refractivity contribution in [3.05, 3.63) is 83.4 Å². The Morgan fingerprint density at radius 3 is 2.40 bits per heavy atom. The van der Waals surface area contributed by atoms with Gasteiger partial charge in [-0.05, 0) is 61.9 Å². The number of benzene rings is 2. The lowest BCUT2D eigenvalue weighted by Gasteiger charge is -2.27. The van der Waals surface area contributed by atoms with E-state index < -0.39 is 11.7 Å². The molecule has 0 aliphatic carbocycles. The number of hydrogen-bond acceptors (Lipinski definition) is 8. The molecule has 0 fully saturated rings. The van der Waals surface area contributed by atoms with Crippen molar-refractivity contribution in [3.63, 3.8) is 0 Å². The minimum absolute atomic E-state index is 0.0448. The van der Waals surface area contributed by atoms with Crippen LogP contribution in [0.15, 0.2) is 61.1 Å². The Labute approximate surface area is 239 Å². The van der Waals surface area contributed by atoms with Crippen LogP contribution in [0.4, 0.5) is 19.1 Å². The maximum absolute atomic E-state index is 13.6. The van der Waals surface area contributed by atoms with Crippen molar-refractivity contribution >= 4 is 28.4 Å². The van der Waals surface area contributed by atoms with Crippen LogP contribution in [-0.4, -0.2) is 55.6 Å². The van der Waals surface area contributed by atoms with E-state index in [0.717, 1.165) is 17.8 Å². The topological polar surface area (TPSA) is 107 Å². The zero-order valence-electron chi connectivity index (χ0n) is 23.3. The molecule has 0 aliphatic heterocycles. The first-order chi connectivity index (χ1) is 20.1. The molecule has 10 nitrogen and oxygen atoms in total. The number of anilines is 1. The molecular weight excluding hydrogens is 551 g/mol. The van der Waals surface area contributed by atoms with Gasteiger partial charge in [0.1, 0.15) is 17.8 Å². The van der Waals surface area contributed by atoms with Crippen molar-refractivity contribution in [3.8, 4) is 11.5 Å². The third-order valence-electron chi connectivity index (χ3n) is 6.72. The summed E-state index contributed by atoms with van der Waals surface area (Å²) in [6.45, 7) is 4.12. The Balaban J connectivity index is 1.42. The quantitative estimate of drug-likeness (QED) is 0.248. The summed E-state index contributed by atoms with van der Waals surface area (Å²) < 4.78 is 51.2. The number of ether oxygens (including phenoxy) is 2. The monoisotopic (exact) mass is 579 g/mol. The molecule has 2 aromatic carbocycles. The molecule has 0 saturated heterocycles. The van der Waals surface area contributed by atoms with Crippen LogP contribution in [-0.2, 0) is 19.3 Å². The first kappa shape index (κ1) is 28.6. The number of amides is 1. The van der Waals surface area contributed by atoms with E-state index in [0.29, 0.717) is 51.8 Å². The van der Waals surface area contributed by atoms with E-state index in [-0.39, 0.29) is 18.5 Å². The van der Waals surface area contributed by atoms with E-state index in [2.05, 4.69) is 20.5 Å². The van der Waals surface area contributed by atoms with Gasteiger partial charge < -0.3 is 19.7 Å². The highest BCUT2D eigenvalue weighted by atomic mass is 19.4. The van der Waals surface area contributed by atoms with Gasteiger partial charge in [0.25, 0.3) is 5.91 Å². The van der Waals surface area contributed by atoms with Gasteiger partial charge in [-0.15, -0.1) is 10.2 Å². The summed E-state index contributed by atoms with van der Waals surface area (Å²) in [6, 6.07) is 12.7. The van der Waals surface area contributed by atoms with Crippen molar-refractivity contribution in [1.29, 1.82) is 0 Å². The fourth-order valence-corrected chi connectivity index (χ4v) is 4.48. The van der Waals surface area contributed by atoms with Gasteiger partial charge in [-0.1, -0.05) is 0 Å². The Bertz CT molecular complexity index is 1710. The third-order valence-corrected chi connectivity index (χ3v) is 6.72. The molecule has 0 bridgehead atoms. The second-order valence-electron chi connectivity index (χ2n) is 9.83. The largest absolute Gasteiger partial charge is 0.497 e. The zero-order valence-corrected chi connectivity index (χ0v) is 23.3. The minimum Gasteiger partial charge on any atom is -0.497 e. The maximum atomic E-state index is 13.6. The number of halogens is 3. The summed E-state index contributed by atoms with van der Waals surface area (Å²) in [5.74, 6) is 1.52. The summed E-state index contributed by atoms with van der Waals surface area (Å²) in [5.41, 5.74) is 1.88. The minimum atomic E-state index is -4.48. The third kappa shape index (κ3) is 5.90. The fraction of sp³-hybridized carbons (Fsp3) is 0.276. The molecule has 0 unspecified atom stereocenters. The second-order valence-corrected chi connectivity index (χ2v) is 9.83. The highest BCUT2D eigenvalue weighted by molar-refractivity contribution is 6.01. The summed E-state index contributed by atoms with van der Waals surface area (Å²) in [6.07, 6.45) is -2.18. The van der Waals surface area contributed by atoms with Crippen LogP contribution in [0.3, 0.4) is 0 Å². The van der Waals surface area contributed by atoms with E-state index in [1.165, 1.54) is 12.4 Å². The number of aromatic nitrogens is 5. The number of hydrogen-bond donors (Lipinski definition) is 1. The lowest BCUT2D eigenvalue weighted by Crippen LogP contribution is -2.36. The fourth-order valence-electron chi connectivity index (χ4n) is 4.48. The predicted octanol–water partition coefficient (Wildman–Crippen LogP) is 5.37. The van der Waals surface area contributed by atoms with Gasteiger partial charge in [-0.2, -0.15) is 13.2 Å². The molecule has 1 N–H and O–H groups in total. The normalized spacial score (nSPS) is 11.7. The van der Waals surface area contributed by atoms with Gasteiger partial charge in [-0.25, -0.2) is 4.98 Å². The van der Waals surface area contributed by atoms with Gasteiger partial charge in [-0.3, -0.25) is 14.2 Å². The van der Waals surface area contributed by atoms with Gasteiger partial charge in [0.2, 0.25) is 5.95 Å². The second kappa shape index (κ2) is 11.5. The number of carbonyl (C=O) groups excluding carboxylic acids is 1. The summed E-state index contributed by atoms with van der Waals surface area (Å²) >= 11 is 0. The van der Waals surface area contributed by atoms with Crippen molar-refractivity contribution in [2.75, 3.05) is 19.5 Å². The molecule has 3 aromatic heterocycles. The van der Waals surface area contributed by atoms with E-state index >= 15 is 0 Å². The lowest BCUT2D eigenvalue weighted by molar-refractivity contribution is -0.137. The molecule has 13 heteroatoms. The lowest BCUT2D eigenvalue weighted by atomic mass is 10.1. The maximum Gasteiger partial charge on any atom is 0.417 e. The number of alkyl halides is 3. The Hall–Kier alpha value is -4.94. The van der Waals surface area contributed by atoms with Gasteiger partial charge >= 0.3 is 6.18 Å². The summed E-state index contributed by atoms with van der Waals surface area (Å²) in [7, 11) is 3.17. The molecule has 0 spiro atoms. The smallest absolute Gasteiger partial charge is 0.417 e. The van der Waals surface area contributed by atoms with E-state index in [1.54, 1.807) is 47.8 Å². The number of pyridine rings is 1. The Kier molecular flexibility index (Phi) is 7.83. The van der Waals surface area contributed by atoms with Crippen LogP contribution in [0.5, 0.6) is 11.5 Å². The number of nitrogens with zero attached hydrogens (tertiary/aromatic N) is 6. The summed E-state index contributed by atoms with van der Waals surface area (Å²) in [4.78, 5) is 23.8. The van der Waals surface area contributed by atoms with Crippen LogP contribution >= 0.6 is 0 Å². The predicted molar refractivity (Wildman–Crippen MR) is 149 cm³/mol. The number of rotatable bonds is 9. The molecule has 42 heavy (non-hydrogen) atoms. The number of nitrogens with one attached hydrogen (secondary N) is 1. The number of fused-ring (bicyclic) bond motifs is 3. The molecule has 0 saturated carbocycles. The molecule has 0 aliphatic rings. The standard InChI is InChI=1S/C29H28F3N7O3/c1-17(2)38(15-21-7-6-20(14-33-21)29(30,31)32)27(40)19-5-8-25-24(11-19)26-37-35-16-39(26)28(36-25)34-13-18-9-22(41-3)12-23(10-18)42-4/h5-12,14,16-17H,13,15H2,1-4H3,(H,34,36). The number of carbonyl (C=O) groups is 1. The first-order valence-corrected chi connectivity index (χ1v) is 13.0. The van der Waals surface area contributed by atoms with Crippen molar-refractivity contribution in [2.45, 2.75) is 39.2 Å². The van der Waals surface area contributed by atoms with Crippen LogP contribution in [0.2, 0.25) is 0 Å². The van der Waals surface area contributed by atoms with Gasteiger partial charge in [0, 0.05) is 35.8 Å². The molecule has 0 radical (unpaired) electrons. The van der Waals surface area contributed by atoms with Crippen LogP contribution < -0.4 is 14.8 Å². The van der Waals surface area contributed by atoms with Crippen LogP contribution in [0.25, 0.3) is 16.6 Å². The highest BCUT2D eigenvalue weighted by Gasteiger charge is 2.31. The van der Waals surface area contributed by atoms with Gasteiger partial charge in [0.15, 0.2) is 5.65 Å². The first-order valence-electron chi connectivity index (χ1n) is 13.0. The van der Waals surface area contributed by atoms with Crippen LogP contribution in [0, 0.1) is 0 Å². The Morgan fingerprint density at radius 2 is 1.79 bits per heavy atom. The molecule has 5 rings (SSSR count). The van der Waals surface area contributed by atoms with Crippen molar-refractivity contribution < 1.29 is 27.4 Å². The Morgan fingerprint density at radius 1 is 1.05 bits per heavy atom. The average molecular weight is 580 g/mol. The highest BCUT2D eigenvalue weighted by Crippen LogP contribution is 2.29. The molecular formula is C29H28F3N7O3. The molecule has 3 heterocycles. The average Bonchev–Trinajstić information content (AvgIpc) is 3.48. The zero-order chi connectivity index (χ0) is 30.0. The molecule has 0 atom stereocenters. The SMILES string of the molecule is COc1cc(CNc2nc3ccc(C(=O)N(Cc4ccc(C(F)(F)F)cn4)C(C)C)cc3c3nncn23)cc(OC)c1. The molecule has 1 amide bonds. The van der Waals surface area contributed by atoms with Crippen molar-refractivity contribution in [1.82, 2.24) is 29.5 Å². The van der Waals surface area contributed by atoms with Crippen molar-refractivity contribution in [2.24, 2.45) is 0 Å². The van der Waals surface area contributed by atoms with Crippen LogP contribution in [0.1, 0.15) is 41.0 Å². The number of methoxy groups -OCH3 is 2. The molecule has 5 aromatic rings. The van der Waals surface area contributed by atoms with E-state index in [4.69, 9.17) is 14.5 Å². The molecule has 218 valence electrons. The summed E-state index contributed by atoms with van der Waals surface area (Å²) in [5, 5.41) is 12.2.